The predicted octanol–water partition coefficient (Wildman–Crippen LogP) is 6.77. The Morgan fingerprint density at radius 2 is 1.77 bits per heavy atom. The summed E-state index contributed by atoms with van der Waals surface area (Å²) in [5.41, 5.74) is 13.6. The molecule has 0 radical (unpaired) electrons. The molecule has 3 aromatic rings. The molecule has 6 heteroatoms. The molecule has 1 aliphatic heterocycles. The van der Waals surface area contributed by atoms with Gasteiger partial charge in [-0.2, -0.15) is 0 Å². The lowest BCUT2D eigenvalue weighted by atomic mass is 10.0. The number of rotatable bonds is 7. The fourth-order valence-electron chi connectivity index (χ4n) is 4.51. The molecule has 182 valence electrons. The molecule has 2 heterocycles. The Labute approximate surface area is 213 Å². The fourth-order valence-corrected chi connectivity index (χ4v) is 4.78. The maximum Gasteiger partial charge on any atom is 0.0965 e. The maximum absolute atomic E-state index is 6.69. The number of halogens is 1. The SMILES string of the molecule is C=C(CCC)N1CCN(C(=C)c2ccc3c(Cl)cc(-c4ccc(C)c(N=C(C)N)c4)nc3c2)CC1. The molecule has 35 heavy (non-hydrogen) atoms. The summed E-state index contributed by atoms with van der Waals surface area (Å²) in [6.07, 6.45) is 2.19. The lowest BCUT2D eigenvalue weighted by Crippen LogP contribution is -2.44. The van der Waals surface area contributed by atoms with Gasteiger partial charge in [0.05, 0.1) is 27.8 Å². The first kappa shape index (κ1) is 24.8. The van der Waals surface area contributed by atoms with Crippen molar-refractivity contribution in [1.82, 2.24) is 14.8 Å². The summed E-state index contributed by atoms with van der Waals surface area (Å²) in [5, 5.41) is 1.60. The van der Waals surface area contributed by atoms with Gasteiger partial charge in [-0.15, -0.1) is 0 Å². The monoisotopic (exact) mass is 487 g/mol. The highest BCUT2D eigenvalue weighted by Crippen LogP contribution is 2.33. The Morgan fingerprint density at radius 1 is 1.06 bits per heavy atom. The number of aliphatic imine (C=N–C) groups is 1. The molecule has 0 atom stereocenters. The molecular weight excluding hydrogens is 454 g/mol. The number of pyridine rings is 1. The number of fused-ring (bicyclic) bond motifs is 1. The van der Waals surface area contributed by atoms with Gasteiger partial charge in [0.15, 0.2) is 0 Å². The smallest absolute Gasteiger partial charge is 0.0965 e. The van der Waals surface area contributed by atoms with Crippen LogP contribution in [0.15, 0.2) is 66.3 Å². The highest BCUT2D eigenvalue weighted by molar-refractivity contribution is 6.35. The molecule has 0 aliphatic carbocycles. The lowest BCUT2D eigenvalue weighted by molar-refractivity contribution is 0.209. The number of hydrogen-bond donors (Lipinski definition) is 1. The van der Waals surface area contributed by atoms with Crippen LogP contribution in [0.25, 0.3) is 27.9 Å². The number of allylic oxidation sites excluding steroid dienone is 1. The molecule has 0 amide bonds. The number of aromatic nitrogens is 1. The van der Waals surface area contributed by atoms with E-state index in [1.165, 1.54) is 5.70 Å². The first-order chi connectivity index (χ1) is 16.8. The second kappa shape index (κ2) is 10.5. The van der Waals surface area contributed by atoms with Gasteiger partial charge in [-0.05, 0) is 49.6 Å². The number of nitrogens with two attached hydrogens (primary N) is 1. The number of aryl methyl sites for hydroxylation is 1. The van der Waals surface area contributed by atoms with Crippen LogP contribution in [0.1, 0.15) is 37.8 Å². The highest BCUT2D eigenvalue weighted by Gasteiger charge is 2.20. The van der Waals surface area contributed by atoms with Crippen molar-refractivity contribution in [2.75, 3.05) is 26.2 Å². The van der Waals surface area contributed by atoms with E-state index < -0.39 is 0 Å². The van der Waals surface area contributed by atoms with E-state index in [9.17, 15) is 0 Å². The van der Waals surface area contributed by atoms with E-state index in [4.69, 9.17) is 22.3 Å². The van der Waals surface area contributed by atoms with Gasteiger partial charge in [-0.3, -0.25) is 0 Å². The van der Waals surface area contributed by atoms with Crippen LogP contribution in [-0.4, -0.2) is 46.8 Å². The van der Waals surface area contributed by atoms with Crippen LogP contribution < -0.4 is 5.73 Å². The van der Waals surface area contributed by atoms with Gasteiger partial charge in [0.1, 0.15) is 0 Å². The molecule has 1 saturated heterocycles. The van der Waals surface area contributed by atoms with Crippen LogP contribution in [0.3, 0.4) is 0 Å². The standard InChI is InChI=1S/C29H34ClN5/c1-6-7-20(3)34-12-14-35(15-13-34)21(4)23-10-11-25-26(30)18-28(33-29(25)16-23)24-9-8-19(2)27(17-24)32-22(5)31/h8-11,16-18H,3-4,6-7,12-15H2,1-2,5H3,(H2,31,32). The zero-order chi connectivity index (χ0) is 25.1. The summed E-state index contributed by atoms with van der Waals surface area (Å²) in [6, 6.07) is 14.2. The van der Waals surface area contributed by atoms with E-state index in [-0.39, 0.29) is 0 Å². The van der Waals surface area contributed by atoms with Crippen molar-refractivity contribution in [3.8, 4) is 11.3 Å². The van der Waals surface area contributed by atoms with E-state index in [0.717, 1.165) is 83.7 Å². The number of piperazine rings is 1. The normalized spacial score (nSPS) is 14.5. The number of hydrogen-bond acceptors (Lipinski definition) is 4. The van der Waals surface area contributed by atoms with Crippen LogP contribution in [0.5, 0.6) is 0 Å². The maximum atomic E-state index is 6.69. The Bertz CT molecular complexity index is 1300. The molecule has 2 N–H and O–H groups in total. The number of nitrogens with zero attached hydrogens (tertiary/aromatic N) is 4. The van der Waals surface area contributed by atoms with E-state index in [2.05, 4.69) is 47.0 Å². The summed E-state index contributed by atoms with van der Waals surface area (Å²) in [4.78, 5) is 14.2. The minimum Gasteiger partial charge on any atom is -0.387 e. The topological polar surface area (TPSA) is 57.8 Å². The first-order valence-electron chi connectivity index (χ1n) is 12.2. The van der Waals surface area contributed by atoms with Gasteiger partial charge in [0.2, 0.25) is 0 Å². The summed E-state index contributed by atoms with van der Waals surface area (Å²) >= 11 is 6.69. The van der Waals surface area contributed by atoms with Gasteiger partial charge in [0.25, 0.3) is 0 Å². The van der Waals surface area contributed by atoms with E-state index >= 15 is 0 Å². The Morgan fingerprint density at radius 3 is 2.46 bits per heavy atom. The molecule has 1 aromatic heterocycles. The molecule has 0 spiro atoms. The largest absolute Gasteiger partial charge is 0.387 e. The summed E-state index contributed by atoms with van der Waals surface area (Å²) < 4.78 is 0. The molecule has 0 bridgehead atoms. The van der Waals surface area contributed by atoms with Gasteiger partial charge in [-0.25, -0.2) is 9.98 Å². The summed E-state index contributed by atoms with van der Waals surface area (Å²) in [6.45, 7) is 18.5. The Hall–Kier alpha value is -3.31. The quantitative estimate of drug-likeness (QED) is 0.295. The average molecular weight is 488 g/mol. The van der Waals surface area contributed by atoms with E-state index in [0.29, 0.717) is 10.9 Å². The Balaban J connectivity index is 1.60. The zero-order valence-corrected chi connectivity index (χ0v) is 21.7. The third-order valence-corrected chi connectivity index (χ3v) is 6.85. The van der Waals surface area contributed by atoms with E-state index in [1.807, 2.05) is 37.3 Å². The van der Waals surface area contributed by atoms with Crippen LogP contribution in [-0.2, 0) is 0 Å². The van der Waals surface area contributed by atoms with Crippen molar-refractivity contribution in [2.24, 2.45) is 10.7 Å². The van der Waals surface area contributed by atoms with Crippen molar-refractivity contribution >= 4 is 39.7 Å². The highest BCUT2D eigenvalue weighted by atomic mass is 35.5. The van der Waals surface area contributed by atoms with Crippen LogP contribution in [0.4, 0.5) is 5.69 Å². The molecule has 4 rings (SSSR count). The molecule has 1 aliphatic rings. The van der Waals surface area contributed by atoms with Crippen molar-refractivity contribution in [3.05, 3.63) is 77.5 Å². The van der Waals surface area contributed by atoms with Crippen LogP contribution >= 0.6 is 11.6 Å². The molecule has 1 fully saturated rings. The second-order valence-electron chi connectivity index (χ2n) is 9.21. The van der Waals surface area contributed by atoms with Gasteiger partial charge in [-0.1, -0.05) is 62.4 Å². The minimum absolute atomic E-state index is 0.522. The van der Waals surface area contributed by atoms with Crippen molar-refractivity contribution in [1.29, 1.82) is 0 Å². The molecule has 2 aromatic carbocycles. The van der Waals surface area contributed by atoms with Gasteiger partial charge in [0, 0.05) is 48.5 Å². The summed E-state index contributed by atoms with van der Waals surface area (Å²) in [5.74, 6) is 0.522. The van der Waals surface area contributed by atoms with Gasteiger partial charge >= 0.3 is 0 Å². The minimum atomic E-state index is 0.522. The van der Waals surface area contributed by atoms with E-state index in [1.54, 1.807) is 6.92 Å². The van der Waals surface area contributed by atoms with Gasteiger partial charge < -0.3 is 15.5 Å². The average Bonchev–Trinajstić information content (AvgIpc) is 2.84. The predicted molar refractivity (Wildman–Crippen MR) is 150 cm³/mol. The third-order valence-electron chi connectivity index (χ3n) is 6.54. The molecule has 5 nitrogen and oxygen atoms in total. The van der Waals surface area contributed by atoms with Crippen molar-refractivity contribution < 1.29 is 0 Å². The zero-order valence-electron chi connectivity index (χ0n) is 20.9. The Kier molecular flexibility index (Phi) is 7.46. The first-order valence-corrected chi connectivity index (χ1v) is 12.5. The molecule has 0 saturated carbocycles. The van der Waals surface area contributed by atoms with Crippen LogP contribution in [0.2, 0.25) is 5.02 Å². The lowest BCUT2D eigenvalue weighted by Gasteiger charge is -2.39. The molecule has 0 unspecified atom stereocenters. The summed E-state index contributed by atoms with van der Waals surface area (Å²) in [7, 11) is 0. The number of amidine groups is 1. The second-order valence-corrected chi connectivity index (χ2v) is 9.62. The van der Waals surface area contributed by atoms with Crippen LogP contribution in [0, 0.1) is 6.92 Å². The van der Waals surface area contributed by atoms with Crippen molar-refractivity contribution in [2.45, 2.75) is 33.6 Å². The third kappa shape index (κ3) is 5.51. The fraction of sp³-hybridized carbons (Fsp3) is 0.310. The number of benzene rings is 2. The molecular formula is C29H34ClN5. The van der Waals surface area contributed by atoms with Crippen molar-refractivity contribution in [3.63, 3.8) is 0 Å².